The number of nitrogens with two attached hydrogens (primary N) is 1. The summed E-state index contributed by atoms with van der Waals surface area (Å²) >= 11 is 0. The maximum Gasteiger partial charge on any atom is 0.356 e. The van der Waals surface area contributed by atoms with Crippen molar-refractivity contribution in [2.75, 3.05) is 5.73 Å². The van der Waals surface area contributed by atoms with E-state index in [2.05, 4.69) is 15.3 Å². The molecule has 8 heteroatoms. The Labute approximate surface area is 144 Å². The standard InChI is InChI=1S/C17H18N4O4/c1-17(2)6-11(10-5-9(18)3-4-14(10)25-17)21-15(22)12-7-20-13(8-19-12)16(23)24/h3-5,7-8,11H,6,18H2,1-2H3,(H,21,22)(H,23,24)/t11-/m0/s1. The summed E-state index contributed by atoms with van der Waals surface area (Å²) in [7, 11) is 0. The number of anilines is 1. The van der Waals surface area contributed by atoms with Gasteiger partial charge in [0.25, 0.3) is 5.91 Å². The molecule has 25 heavy (non-hydrogen) atoms. The molecule has 2 aromatic rings. The Hall–Kier alpha value is -3.16. The van der Waals surface area contributed by atoms with Gasteiger partial charge in [0.1, 0.15) is 17.0 Å². The van der Waals surface area contributed by atoms with E-state index >= 15 is 0 Å². The average molecular weight is 342 g/mol. The molecular formula is C17H18N4O4. The Morgan fingerprint density at radius 2 is 1.96 bits per heavy atom. The van der Waals surface area contributed by atoms with Crippen LogP contribution in [0, 0.1) is 0 Å². The number of carbonyl (C=O) groups excluding carboxylic acids is 1. The highest BCUT2D eigenvalue weighted by molar-refractivity contribution is 5.93. The van der Waals surface area contributed by atoms with Crippen LogP contribution in [0.5, 0.6) is 5.75 Å². The molecule has 0 aliphatic carbocycles. The van der Waals surface area contributed by atoms with Gasteiger partial charge in [0, 0.05) is 17.7 Å². The fourth-order valence-corrected chi connectivity index (χ4v) is 2.79. The zero-order valence-corrected chi connectivity index (χ0v) is 13.8. The summed E-state index contributed by atoms with van der Waals surface area (Å²) in [6, 6.07) is 4.99. The molecule has 1 aromatic heterocycles. The van der Waals surface area contributed by atoms with Crippen molar-refractivity contribution in [2.24, 2.45) is 0 Å². The topological polar surface area (TPSA) is 127 Å². The number of amides is 1. The molecule has 0 spiro atoms. The summed E-state index contributed by atoms with van der Waals surface area (Å²) in [4.78, 5) is 30.9. The van der Waals surface area contributed by atoms with Gasteiger partial charge in [-0.15, -0.1) is 0 Å². The Kier molecular flexibility index (Phi) is 4.03. The van der Waals surface area contributed by atoms with Crippen LogP contribution in [0.25, 0.3) is 0 Å². The van der Waals surface area contributed by atoms with Crippen LogP contribution < -0.4 is 15.8 Å². The highest BCUT2D eigenvalue weighted by Gasteiger charge is 2.35. The third-order valence-electron chi connectivity index (χ3n) is 3.90. The van der Waals surface area contributed by atoms with Crippen LogP contribution in [0.15, 0.2) is 30.6 Å². The van der Waals surface area contributed by atoms with Gasteiger partial charge >= 0.3 is 5.97 Å². The number of carboxylic acid groups (broad SMARTS) is 1. The quantitative estimate of drug-likeness (QED) is 0.725. The summed E-state index contributed by atoms with van der Waals surface area (Å²) in [5, 5.41) is 11.7. The van der Waals surface area contributed by atoms with E-state index in [4.69, 9.17) is 15.6 Å². The maximum atomic E-state index is 12.5. The van der Waals surface area contributed by atoms with Gasteiger partial charge in [-0.1, -0.05) is 0 Å². The van der Waals surface area contributed by atoms with Crippen LogP contribution in [0.2, 0.25) is 0 Å². The number of hydrogen-bond acceptors (Lipinski definition) is 6. The lowest BCUT2D eigenvalue weighted by Crippen LogP contribution is -2.41. The molecule has 1 aromatic carbocycles. The second-order valence-corrected chi connectivity index (χ2v) is 6.48. The largest absolute Gasteiger partial charge is 0.487 e. The summed E-state index contributed by atoms with van der Waals surface area (Å²) in [5.41, 5.74) is 6.58. The van der Waals surface area contributed by atoms with Crippen molar-refractivity contribution in [3.63, 3.8) is 0 Å². The van der Waals surface area contributed by atoms with Gasteiger partial charge in [0.05, 0.1) is 18.4 Å². The number of carboxylic acids is 1. The molecular weight excluding hydrogens is 324 g/mol. The van der Waals surface area contributed by atoms with Crippen LogP contribution in [0.4, 0.5) is 5.69 Å². The molecule has 4 N–H and O–H groups in total. The fraction of sp³-hybridized carbons (Fsp3) is 0.294. The number of nitrogen functional groups attached to an aromatic ring is 1. The number of aromatic nitrogens is 2. The summed E-state index contributed by atoms with van der Waals surface area (Å²) in [6.45, 7) is 3.87. The lowest BCUT2D eigenvalue weighted by atomic mass is 9.89. The van der Waals surface area contributed by atoms with E-state index in [9.17, 15) is 9.59 Å². The van der Waals surface area contributed by atoms with Crippen molar-refractivity contribution in [1.29, 1.82) is 0 Å². The van der Waals surface area contributed by atoms with Crippen LogP contribution in [-0.2, 0) is 0 Å². The number of ether oxygens (including phenoxy) is 1. The first-order valence-corrected chi connectivity index (χ1v) is 7.70. The molecule has 0 unspecified atom stereocenters. The van der Waals surface area contributed by atoms with E-state index in [1.54, 1.807) is 18.2 Å². The smallest absolute Gasteiger partial charge is 0.356 e. The number of fused-ring (bicyclic) bond motifs is 1. The van der Waals surface area contributed by atoms with Crippen molar-refractivity contribution < 1.29 is 19.4 Å². The number of nitrogens with zero attached hydrogens (tertiary/aromatic N) is 2. The van der Waals surface area contributed by atoms with Gasteiger partial charge < -0.3 is 20.9 Å². The number of rotatable bonds is 3. The third-order valence-corrected chi connectivity index (χ3v) is 3.90. The highest BCUT2D eigenvalue weighted by atomic mass is 16.5. The van der Waals surface area contributed by atoms with Crippen molar-refractivity contribution in [3.05, 3.63) is 47.5 Å². The molecule has 0 fully saturated rings. The van der Waals surface area contributed by atoms with E-state index in [-0.39, 0.29) is 17.4 Å². The molecule has 0 bridgehead atoms. The summed E-state index contributed by atoms with van der Waals surface area (Å²) < 4.78 is 5.93. The molecule has 0 saturated heterocycles. The normalized spacial score (nSPS) is 17.9. The van der Waals surface area contributed by atoms with Crippen LogP contribution in [-0.4, -0.2) is 32.6 Å². The number of carbonyl (C=O) groups is 2. The molecule has 0 radical (unpaired) electrons. The number of hydrogen-bond donors (Lipinski definition) is 3. The monoisotopic (exact) mass is 342 g/mol. The third kappa shape index (κ3) is 3.52. The Morgan fingerprint density at radius 1 is 1.28 bits per heavy atom. The minimum Gasteiger partial charge on any atom is -0.487 e. The zero-order chi connectivity index (χ0) is 18.2. The lowest BCUT2D eigenvalue weighted by molar-refractivity contribution is 0.0615. The summed E-state index contributed by atoms with van der Waals surface area (Å²) in [6.07, 6.45) is 2.75. The predicted octanol–water partition coefficient (Wildman–Crippen LogP) is 1.79. The van der Waals surface area contributed by atoms with Gasteiger partial charge in [-0.25, -0.2) is 14.8 Å². The first-order chi connectivity index (χ1) is 11.7. The van der Waals surface area contributed by atoms with Crippen LogP contribution in [0.1, 0.15) is 52.9 Å². The maximum absolute atomic E-state index is 12.5. The van der Waals surface area contributed by atoms with Crippen LogP contribution >= 0.6 is 0 Å². The van der Waals surface area contributed by atoms with Crippen molar-refractivity contribution in [3.8, 4) is 5.75 Å². The number of benzene rings is 1. The second-order valence-electron chi connectivity index (χ2n) is 6.48. The molecule has 1 atom stereocenters. The van der Waals surface area contributed by atoms with E-state index < -0.39 is 17.5 Å². The van der Waals surface area contributed by atoms with Gasteiger partial charge in [-0.2, -0.15) is 0 Å². The molecule has 130 valence electrons. The molecule has 2 heterocycles. The van der Waals surface area contributed by atoms with Gasteiger partial charge in [-0.05, 0) is 32.0 Å². The Bertz CT molecular complexity index is 833. The first-order valence-electron chi connectivity index (χ1n) is 7.70. The van der Waals surface area contributed by atoms with E-state index in [1.807, 2.05) is 13.8 Å². The fourth-order valence-electron chi connectivity index (χ4n) is 2.79. The minimum atomic E-state index is -1.20. The molecule has 1 aliphatic heterocycles. The summed E-state index contributed by atoms with van der Waals surface area (Å²) in [5.74, 6) is -0.974. The van der Waals surface area contributed by atoms with Crippen molar-refractivity contribution >= 4 is 17.6 Å². The molecule has 3 rings (SSSR count). The predicted molar refractivity (Wildman–Crippen MR) is 89.4 cm³/mol. The average Bonchev–Trinajstić information content (AvgIpc) is 2.55. The minimum absolute atomic E-state index is 0.0414. The second kappa shape index (κ2) is 6.04. The Morgan fingerprint density at radius 3 is 2.60 bits per heavy atom. The number of aromatic carboxylic acids is 1. The van der Waals surface area contributed by atoms with E-state index in [1.165, 1.54) is 0 Å². The van der Waals surface area contributed by atoms with Crippen LogP contribution in [0.3, 0.4) is 0 Å². The molecule has 8 nitrogen and oxygen atoms in total. The van der Waals surface area contributed by atoms with Crippen molar-refractivity contribution in [2.45, 2.75) is 31.9 Å². The molecule has 1 aliphatic rings. The van der Waals surface area contributed by atoms with E-state index in [0.29, 0.717) is 17.9 Å². The molecule has 0 saturated carbocycles. The zero-order valence-electron chi connectivity index (χ0n) is 13.8. The Balaban J connectivity index is 1.85. The lowest BCUT2D eigenvalue weighted by Gasteiger charge is -2.38. The number of nitrogens with one attached hydrogen (secondary N) is 1. The SMILES string of the molecule is CC1(C)C[C@H](NC(=O)c2cnc(C(=O)O)cn2)c2cc(N)ccc2O1. The van der Waals surface area contributed by atoms with Gasteiger partial charge in [-0.3, -0.25) is 4.79 Å². The first kappa shape index (κ1) is 16.7. The van der Waals surface area contributed by atoms with Gasteiger partial charge in [0.2, 0.25) is 0 Å². The molecule has 1 amide bonds. The van der Waals surface area contributed by atoms with Crippen molar-refractivity contribution in [1.82, 2.24) is 15.3 Å². The highest BCUT2D eigenvalue weighted by Crippen LogP contribution is 2.40. The van der Waals surface area contributed by atoms with E-state index in [0.717, 1.165) is 18.0 Å². The van der Waals surface area contributed by atoms with Gasteiger partial charge in [0.15, 0.2) is 5.69 Å².